The predicted octanol–water partition coefficient (Wildman–Crippen LogP) is 0.334. The van der Waals surface area contributed by atoms with E-state index in [2.05, 4.69) is 36.8 Å². The first-order valence-corrected chi connectivity index (χ1v) is 9.77. The highest BCUT2D eigenvalue weighted by Crippen LogP contribution is 2.38. The van der Waals surface area contributed by atoms with Gasteiger partial charge in [0.05, 0.1) is 6.10 Å². The van der Waals surface area contributed by atoms with E-state index in [1.54, 1.807) is 0 Å². The molecule has 21 heavy (non-hydrogen) atoms. The van der Waals surface area contributed by atoms with Crippen LogP contribution in [0.25, 0.3) is 0 Å². The van der Waals surface area contributed by atoms with Crippen LogP contribution >= 0.6 is 6.89 Å². The van der Waals surface area contributed by atoms with Crippen LogP contribution in [0.1, 0.15) is 6.42 Å². The number of hydrogen-bond donors (Lipinski definition) is 3. The number of halogens is 1. The number of aliphatic hydroxyl groups excluding tert-OH is 1. The van der Waals surface area contributed by atoms with Crippen LogP contribution in [0.2, 0.25) is 0 Å². The Hall–Kier alpha value is -1.17. The molecular formula is C13H22FN3O3P+. The van der Waals surface area contributed by atoms with Crippen LogP contribution < -0.4 is 10.6 Å². The molecule has 0 aliphatic carbocycles. The topological polar surface area (TPSA) is 73.6 Å². The molecule has 0 spiro atoms. The van der Waals surface area contributed by atoms with Crippen LogP contribution in [0.4, 0.5) is 9.18 Å². The average molecular weight is 318 g/mol. The third-order valence-corrected chi connectivity index (χ3v) is 4.96. The predicted molar refractivity (Wildman–Crippen MR) is 82.1 cm³/mol. The van der Waals surface area contributed by atoms with Crippen molar-refractivity contribution in [2.24, 2.45) is 0 Å². The van der Waals surface area contributed by atoms with Gasteiger partial charge in [-0.25, -0.2) is 24.4 Å². The smallest absolute Gasteiger partial charge is 0.387 e. The van der Waals surface area contributed by atoms with Gasteiger partial charge in [-0.3, -0.25) is 0 Å². The number of nitrogens with one attached hydrogen (secondary N) is 2. The highest BCUT2D eigenvalue weighted by molar-refractivity contribution is 7.72. The minimum atomic E-state index is -1.58. The number of rotatable bonds is 4. The van der Waals surface area contributed by atoms with E-state index in [1.165, 1.54) is 10.9 Å². The Balaban J connectivity index is 2.08. The highest BCUT2D eigenvalue weighted by Gasteiger charge is 2.48. The Kier molecular flexibility index (Phi) is 4.56. The molecular weight excluding hydrogens is 296 g/mol. The molecule has 1 saturated heterocycles. The van der Waals surface area contributed by atoms with Crippen molar-refractivity contribution in [2.75, 3.05) is 19.5 Å². The van der Waals surface area contributed by atoms with Crippen LogP contribution in [0.3, 0.4) is 0 Å². The standard InChI is InChI=1S/C13H21FN3O3P/c1-8-16-13(19)15-7-17(8)12-10(14)11(18)9(20-12)5-6-21(2,3)4/h7,9-12,18H,1-2,5-6H2,3-4H3,(H,16,19)/p+1/t9-,10-,11-,12-/m1/s1. The zero-order valence-corrected chi connectivity index (χ0v) is 13.1. The van der Waals surface area contributed by atoms with E-state index in [0.29, 0.717) is 6.42 Å². The molecule has 3 N–H and O–H groups in total. The molecule has 0 radical (unpaired) electrons. The monoisotopic (exact) mass is 318 g/mol. The lowest BCUT2D eigenvalue weighted by Crippen LogP contribution is -2.50. The van der Waals surface area contributed by atoms with Crippen molar-refractivity contribution >= 4 is 25.6 Å². The van der Waals surface area contributed by atoms with E-state index in [9.17, 15) is 14.3 Å². The zero-order chi connectivity index (χ0) is 15.8. The number of nitrogens with zero attached hydrogens (tertiary/aromatic N) is 1. The van der Waals surface area contributed by atoms with Crippen LogP contribution in [0.15, 0.2) is 12.4 Å². The van der Waals surface area contributed by atoms with E-state index in [1.807, 2.05) is 0 Å². The highest BCUT2D eigenvalue weighted by atomic mass is 31.2. The lowest BCUT2D eigenvalue weighted by Gasteiger charge is -2.21. The third kappa shape index (κ3) is 3.73. The fraction of sp³-hybridized carbons (Fsp3) is 0.615. The van der Waals surface area contributed by atoms with Gasteiger partial charge < -0.3 is 9.84 Å². The van der Waals surface area contributed by atoms with Gasteiger partial charge in [0.25, 0.3) is 0 Å². The summed E-state index contributed by atoms with van der Waals surface area (Å²) in [5, 5.41) is 14.8. The molecule has 8 heteroatoms. The van der Waals surface area contributed by atoms with Crippen LogP contribution in [-0.4, -0.2) is 72.5 Å². The molecule has 2 aliphatic rings. The van der Waals surface area contributed by atoms with Crippen molar-refractivity contribution in [2.45, 2.75) is 31.0 Å². The van der Waals surface area contributed by atoms with Gasteiger partial charge in [0.1, 0.15) is 6.10 Å². The van der Waals surface area contributed by atoms with Gasteiger partial charge in [0.15, 0.2) is 12.5 Å². The number of alkyl halides is 1. The average Bonchev–Trinajstić information content (AvgIpc) is 2.64. The maximum Gasteiger partial charge on any atom is 0.440 e. The number of carbonyl (C=O) groups is 1. The van der Waals surface area contributed by atoms with E-state index < -0.39 is 37.5 Å². The quantitative estimate of drug-likeness (QED) is 0.517. The van der Waals surface area contributed by atoms with Crippen molar-refractivity contribution in [3.63, 3.8) is 0 Å². The summed E-state index contributed by atoms with van der Waals surface area (Å²) in [6.45, 7) is 6.56. The van der Waals surface area contributed by atoms with Gasteiger partial charge >= 0.3 is 6.03 Å². The summed E-state index contributed by atoms with van der Waals surface area (Å²) in [6.07, 6.45) is 2.41. The lowest BCUT2D eigenvalue weighted by atomic mass is 10.1. The number of aliphatic hydroxyl groups is 1. The number of ether oxygens (including phenoxy) is 1. The van der Waals surface area contributed by atoms with Crippen molar-refractivity contribution in [3.05, 3.63) is 12.4 Å². The SMILES string of the molecule is C=C1NC(=O)NC=[N+]1[C@@H]1O[C@H](CCP(=C)(C)C)[C@@H](O)[C@H]1F. The summed E-state index contributed by atoms with van der Waals surface area (Å²) >= 11 is 0. The minimum absolute atomic E-state index is 0.212. The second-order valence-corrected chi connectivity index (χ2v) is 10.3. The molecule has 2 rings (SSSR count). The summed E-state index contributed by atoms with van der Waals surface area (Å²) in [4.78, 5) is 11.1. The van der Waals surface area contributed by atoms with Crippen molar-refractivity contribution < 1.29 is 23.6 Å². The molecule has 0 aromatic rings. The maximum atomic E-state index is 14.3. The first-order chi connectivity index (χ1) is 9.69. The van der Waals surface area contributed by atoms with Crippen LogP contribution in [0, 0.1) is 0 Å². The van der Waals surface area contributed by atoms with Gasteiger partial charge in [0, 0.05) is 0 Å². The van der Waals surface area contributed by atoms with Crippen LogP contribution in [0.5, 0.6) is 0 Å². The van der Waals surface area contributed by atoms with E-state index >= 15 is 0 Å². The van der Waals surface area contributed by atoms with Gasteiger partial charge in [-0.1, -0.05) is 0 Å². The molecule has 2 aliphatic heterocycles. The summed E-state index contributed by atoms with van der Waals surface area (Å²) in [7, 11) is 0. The molecule has 4 atom stereocenters. The summed E-state index contributed by atoms with van der Waals surface area (Å²) < 4.78 is 21.3. The molecule has 6 nitrogen and oxygen atoms in total. The maximum absolute atomic E-state index is 14.3. The van der Waals surface area contributed by atoms with Crippen molar-refractivity contribution in [1.29, 1.82) is 0 Å². The molecule has 0 aromatic carbocycles. The van der Waals surface area contributed by atoms with Crippen LogP contribution in [-0.2, 0) is 4.74 Å². The summed E-state index contributed by atoms with van der Waals surface area (Å²) in [5.74, 6) is 0.212. The van der Waals surface area contributed by atoms with Gasteiger partial charge in [-0.05, 0) is 32.5 Å². The first-order valence-electron chi connectivity index (χ1n) is 6.72. The number of amides is 2. The largest absolute Gasteiger partial charge is 0.440 e. The molecule has 1 fully saturated rings. The van der Waals surface area contributed by atoms with Gasteiger partial charge in [0.2, 0.25) is 12.0 Å². The zero-order valence-electron chi connectivity index (χ0n) is 12.3. The van der Waals surface area contributed by atoms with E-state index in [4.69, 9.17) is 4.74 Å². The molecule has 2 heterocycles. The third-order valence-electron chi connectivity index (χ3n) is 3.49. The molecule has 118 valence electrons. The normalized spacial score (nSPS) is 33.4. The van der Waals surface area contributed by atoms with E-state index in [0.717, 1.165) is 6.16 Å². The second-order valence-electron chi connectivity index (χ2n) is 6.03. The van der Waals surface area contributed by atoms with Crippen molar-refractivity contribution in [1.82, 2.24) is 10.6 Å². The van der Waals surface area contributed by atoms with Gasteiger partial charge in [-0.2, -0.15) is 0 Å². The van der Waals surface area contributed by atoms with E-state index in [-0.39, 0.29) is 5.82 Å². The Bertz CT molecular complexity index is 531. The molecule has 0 bridgehead atoms. The Morgan fingerprint density at radius 3 is 2.81 bits per heavy atom. The van der Waals surface area contributed by atoms with Crippen molar-refractivity contribution in [3.8, 4) is 0 Å². The first kappa shape index (κ1) is 16.2. The molecule has 0 saturated carbocycles. The number of urea groups is 1. The minimum Gasteiger partial charge on any atom is -0.387 e. The number of carbonyl (C=O) groups excluding carboxylic acids is 1. The molecule has 0 aromatic heterocycles. The second kappa shape index (κ2) is 5.91. The molecule has 0 unspecified atom stereocenters. The lowest BCUT2D eigenvalue weighted by molar-refractivity contribution is -0.576. The fourth-order valence-electron chi connectivity index (χ4n) is 2.31. The fourth-order valence-corrected chi connectivity index (χ4v) is 3.26. The number of hydrogen-bond acceptors (Lipinski definition) is 3. The summed E-state index contributed by atoms with van der Waals surface area (Å²) in [6, 6.07) is -0.439. The molecule has 2 amide bonds. The Labute approximate surface area is 123 Å². The Morgan fingerprint density at radius 2 is 2.24 bits per heavy atom. The Morgan fingerprint density at radius 1 is 1.57 bits per heavy atom. The summed E-state index contributed by atoms with van der Waals surface area (Å²) in [5.41, 5.74) is 0. The van der Waals surface area contributed by atoms with Gasteiger partial charge in [-0.15, -0.1) is 13.2 Å².